The molecule has 2 rings (SSSR count). The summed E-state index contributed by atoms with van der Waals surface area (Å²) in [5.74, 6) is -0.537. The Hall–Kier alpha value is -4.65. The highest BCUT2D eigenvalue weighted by atomic mass is 16.5. The molecule has 0 spiro atoms. The standard InChI is InChI=1S/C19H24N10O3/c20-17(28-31)26-22-11-9-13-1-5-15(6-2-13)24-19(30)25-16-7-3-14(4-8-16)10-12-23-27-18(21)29-32/h1-8,11-12,31-32H,9-10H2,(H3,20,26,28)(H3,21,27,29)(H2,24,25,30)/b22-11+,23-12+. The van der Waals surface area contributed by atoms with Crippen molar-refractivity contribution in [3.05, 3.63) is 59.7 Å². The minimum Gasteiger partial charge on any atom is -0.408 e. The van der Waals surface area contributed by atoms with Gasteiger partial charge in [0.2, 0.25) is 5.96 Å². The number of oxime groups is 1. The van der Waals surface area contributed by atoms with Gasteiger partial charge in [-0.1, -0.05) is 24.3 Å². The number of nitrogens with one attached hydrogen (secondary N) is 6. The molecule has 0 atom stereocenters. The van der Waals surface area contributed by atoms with Crippen LogP contribution in [0.1, 0.15) is 11.1 Å². The molecule has 0 saturated carbocycles. The summed E-state index contributed by atoms with van der Waals surface area (Å²) in [5.41, 5.74) is 14.6. The van der Waals surface area contributed by atoms with Gasteiger partial charge in [0.1, 0.15) is 0 Å². The number of hydrazone groups is 2. The summed E-state index contributed by atoms with van der Waals surface area (Å²) in [7, 11) is 0. The van der Waals surface area contributed by atoms with E-state index in [0.29, 0.717) is 24.2 Å². The van der Waals surface area contributed by atoms with Gasteiger partial charge in [0, 0.05) is 36.6 Å². The van der Waals surface area contributed by atoms with Crippen LogP contribution in [-0.2, 0) is 12.8 Å². The molecular weight excluding hydrogens is 416 g/mol. The molecule has 0 aromatic heterocycles. The number of hydrogen-bond acceptors (Lipinski definition) is 7. The highest BCUT2D eigenvalue weighted by Gasteiger charge is 2.03. The molecule has 13 nitrogen and oxygen atoms in total. The smallest absolute Gasteiger partial charge is 0.323 e. The molecule has 0 aliphatic carbocycles. The molecule has 32 heavy (non-hydrogen) atoms. The molecule has 0 aliphatic heterocycles. The quantitative estimate of drug-likeness (QED) is 0.127. The van der Waals surface area contributed by atoms with Crippen molar-refractivity contribution in [2.75, 3.05) is 10.6 Å². The second-order valence-corrected chi connectivity index (χ2v) is 6.20. The predicted octanol–water partition coefficient (Wildman–Crippen LogP) is 1.18. The Morgan fingerprint density at radius 1 is 0.906 bits per heavy atom. The van der Waals surface area contributed by atoms with Crippen LogP contribution in [0.15, 0.2) is 63.9 Å². The van der Waals surface area contributed by atoms with Crippen molar-refractivity contribution in [1.29, 1.82) is 5.41 Å². The minimum atomic E-state index is -0.379. The Morgan fingerprint density at radius 3 is 1.81 bits per heavy atom. The van der Waals surface area contributed by atoms with Gasteiger partial charge in [-0.15, -0.1) is 0 Å². The van der Waals surface area contributed by atoms with Gasteiger partial charge < -0.3 is 21.6 Å². The molecule has 0 saturated heterocycles. The molecule has 2 amide bonds. The SMILES string of the molecule is N=C(NO)N/N=C/Cc1ccc(NC(=O)Nc2ccc(C/C=N/N/C(N)=N/O)cc2)cc1. The summed E-state index contributed by atoms with van der Waals surface area (Å²) in [6, 6.07) is 14.0. The van der Waals surface area contributed by atoms with Crippen LogP contribution < -0.4 is 32.7 Å². The van der Waals surface area contributed by atoms with Crippen LogP contribution in [0.2, 0.25) is 0 Å². The Kier molecular flexibility index (Phi) is 9.46. The second-order valence-electron chi connectivity index (χ2n) is 6.20. The van der Waals surface area contributed by atoms with Crippen LogP contribution in [0.25, 0.3) is 0 Å². The maximum Gasteiger partial charge on any atom is 0.323 e. The number of nitrogens with two attached hydrogens (primary N) is 1. The van der Waals surface area contributed by atoms with Gasteiger partial charge in [-0.3, -0.25) is 10.6 Å². The Bertz CT molecular complexity index is 972. The summed E-state index contributed by atoms with van der Waals surface area (Å²) in [6.45, 7) is 0. The molecular formula is C19H24N10O3. The van der Waals surface area contributed by atoms with Crippen molar-refractivity contribution >= 4 is 41.8 Å². The first-order valence-corrected chi connectivity index (χ1v) is 9.27. The highest BCUT2D eigenvalue weighted by molar-refractivity contribution is 5.99. The van der Waals surface area contributed by atoms with Crippen molar-refractivity contribution < 1.29 is 15.2 Å². The lowest BCUT2D eigenvalue weighted by atomic mass is 10.1. The zero-order valence-corrected chi connectivity index (χ0v) is 16.9. The zero-order valence-electron chi connectivity index (χ0n) is 16.9. The first-order chi connectivity index (χ1) is 15.5. The monoisotopic (exact) mass is 440 g/mol. The molecule has 0 radical (unpaired) electrons. The van der Waals surface area contributed by atoms with Gasteiger partial charge in [0.05, 0.1) is 0 Å². The van der Waals surface area contributed by atoms with Gasteiger partial charge in [-0.25, -0.2) is 21.1 Å². The van der Waals surface area contributed by atoms with Crippen LogP contribution in [0, 0.1) is 5.41 Å². The molecule has 0 unspecified atom stereocenters. The van der Waals surface area contributed by atoms with E-state index in [1.807, 2.05) is 24.3 Å². The Morgan fingerprint density at radius 2 is 1.38 bits per heavy atom. The molecule has 0 aliphatic rings. The van der Waals surface area contributed by atoms with Crippen LogP contribution in [0.5, 0.6) is 0 Å². The van der Waals surface area contributed by atoms with E-state index < -0.39 is 0 Å². The largest absolute Gasteiger partial charge is 0.408 e. The maximum atomic E-state index is 12.2. The van der Waals surface area contributed by atoms with Gasteiger partial charge in [0.15, 0.2) is 0 Å². The number of nitrogens with zero attached hydrogens (tertiary/aromatic N) is 3. The first-order valence-electron chi connectivity index (χ1n) is 9.27. The topological polar surface area (TPSA) is 205 Å². The number of benzene rings is 2. The number of anilines is 2. The molecule has 0 heterocycles. The molecule has 10 N–H and O–H groups in total. The van der Waals surface area contributed by atoms with Crippen molar-refractivity contribution in [3.63, 3.8) is 0 Å². The fourth-order valence-electron chi connectivity index (χ4n) is 2.31. The summed E-state index contributed by atoms with van der Waals surface area (Å²) >= 11 is 0. The van der Waals surface area contributed by atoms with Crippen molar-refractivity contribution in [1.82, 2.24) is 16.3 Å². The van der Waals surface area contributed by atoms with Gasteiger partial charge in [-0.2, -0.15) is 10.2 Å². The number of rotatable bonds is 8. The summed E-state index contributed by atoms with van der Waals surface area (Å²) in [5, 5.41) is 39.7. The number of guanidine groups is 2. The molecule has 13 heteroatoms. The Labute approximate surface area is 183 Å². The molecule has 0 fully saturated rings. The third-order valence-corrected chi connectivity index (χ3v) is 3.84. The highest BCUT2D eigenvalue weighted by Crippen LogP contribution is 2.13. The number of hydroxylamine groups is 1. The van der Waals surface area contributed by atoms with E-state index in [1.54, 1.807) is 42.2 Å². The van der Waals surface area contributed by atoms with E-state index in [1.165, 1.54) is 0 Å². The van der Waals surface area contributed by atoms with Gasteiger partial charge >= 0.3 is 6.03 Å². The average Bonchev–Trinajstić information content (AvgIpc) is 2.81. The lowest BCUT2D eigenvalue weighted by Gasteiger charge is -2.08. The third kappa shape index (κ3) is 8.79. The number of amides is 2. The lowest BCUT2D eigenvalue weighted by Crippen LogP contribution is -2.30. The normalized spacial score (nSPS) is 11.3. The molecule has 2 aromatic rings. The van der Waals surface area contributed by atoms with E-state index in [0.717, 1.165) is 11.1 Å². The number of carbonyl (C=O) groups excluding carboxylic acids is 1. The van der Waals surface area contributed by atoms with Gasteiger partial charge in [0.25, 0.3) is 5.96 Å². The average molecular weight is 440 g/mol. The maximum absolute atomic E-state index is 12.2. The number of carbonyl (C=O) groups is 1. The number of urea groups is 1. The second kappa shape index (κ2) is 12.8. The van der Waals surface area contributed by atoms with Crippen LogP contribution in [0.4, 0.5) is 16.2 Å². The van der Waals surface area contributed by atoms with Crippen LogP contribution in [0.3, 0.4) is 0 Å². The van der Waals surface area contributed by atoms with E-state index in [9.17, 15) is 4.79 Å². The molecule has 168 valence electrons. The van der Waals surface area contributed by atoms with Gasteiger partial charge in [-0.05, 0) is 40.5 Å². The first kappa shape index (κ1) is 23.6. The van der Waals surface area contributed by atoms with E-state index in [-0.39, 0.29) is 18.0 Å². The fourth-order valence-corrected chi connectivity index (χ4v) is 2.31. The number of hydrogen-bond donors (Lipinski definition) is 9. The molecule has 0 bridgehead atoms. The predicted molar refractivity (Wildman–Crippen MR) is 122 cm³/mol. The summed E-state index contributed by atoms with van der Waals surface area (Å²) in [4.78, 5) is 12.2. The third-order valence-electron chi connectivity index (χ3n) is 3.84. The van der Waals surface area contributed by atoms with Crippen LogP contribution >= 0.6 is 0 Å². The van der Waals surface area contributed by atoms with Crippen molar-refractivity contribution in [2.24, 2.45) is 21.1 Å². The van der Waals surface area contributed by atoms with E-state index in [2.05, 4.69) is 36.8 Å². The van der Waals surface area contributed by atoms with E-state index in [4.69, 9.17) is 21.6 Å². The lowest BCUT2D eigenvalue weighted by molar-refractivity contribution is 0.228. The van der Waals surface area contributed by atoms with Crippen molar-refractivity contribution in [3.8, 4) is 0 Å². The van der Waals surface area contributed by atoms with E-state index >= 15 is 0 Å². The summed E-state index contributed by atoms with van der Waals surface area (Å²) < 4.78 is 0. The molecule has 2 aromatic carbocycles. The summed E-state index contributed by atoms with van der Waals surface area (Å²) in [6.07, 6.45) is 4.14. The Balaban J connectivity index is 1.77. The fraction of sp³-hybridized carbons (Fsp3) is 0.105. The zero-order chi connectivity index (χ0) is 23.2. The minimum absolute atomic E-state index is 0.207. The van der Waals surface area contributed by atoms with Crippen LogP contribution in [-0.4, -0.2) is 40.8 Å². The van der Waals surface area contributed by atoms with Crippen molar-refractivity contribution in [2.45, 2.75) is 12.8 Å².